The van der Waals surface area contributed by atoms with E-state index in [0.29, 0.717) is 42.8 Å². The summed E-state index contributed by atoms with van der Waals surface area (Å²) in [7, 11) is -3.54. The third-order valence-corrected chi connectivity index (χ3v) is 8.68. The fourth-order valence-electron chi connectivity index (χ4n) is 4.05. The zero-order valence-electron chi connectivity index (χ0n) is 18.5. The summed E-state index contributed by atoms with van der Waals surface area (Å²) in [6.07, 6.45) is 0.732. The summed E-state index contributed by atoms with van der Waals surface area (Å²) in [5, 5.41) is 3.97. The maximum atomic E-state index is 13.5. The van der Waals surface area contributed by atoms with E-state index in [4.69, 9.17) is 4.52 Å². The first-order valence-corrected chi connectivity index (χ1v) is 11.7. The molecule has 0 aliphatic carbocycles. The molecule has 1 aliphatic heterocycles. The Balaban J connectivity index is 1.80. The number of piperazine rings is 1. The Labute approximate surface area is 174 Å². The maximum absolute atomic E-state index is 13.5. The molecule has 0 saturated carbocycles. The second-order valence-electron chi connectivity index (χ2n) is 7.97. The second-order valence-corrected chi connectivity index (χ2v) is 9.85. The molecule has 0 radical (unpaired) electrons. The van der Waals surface area contributed by atoms with Gasteiger partial charge in [-0.05, 0) is 69.4 Å². The van der Waals surface area contributed by atoms with E-state index in [1.54, 1.807) is 4.31 Å². The summed E-state index contributed by atoms with van der Waals surface area (Å²) in [6.45, 7) is 16.1. The van der Waals surface area contributed by atoms with Crippen LogP contribution in [0.2, 0.25) is 0 Å². The Hall–Kier alpha value is -1.77. The van der Waals surface area contributed by atoms with E-state index in [9.17, 15) is 8.42 Å². The number of benzene rings is 1. The van der Waals surface area contributed by atoms with Gasteiger partial charge in [0, 0.05) is 32.6 Å². The number of sulfonamides is 1. The molecule has 1 aromatic carbocycles. The van der Waals surface area contributed by atoms with Crippen molar-refractivity contribution in [3.63, 3.8) is 0 Å². The summed E-state index contributed by atoms with van der Waals surface area (Å²) in [6, 6.07) is -0.0278. The average molecular weight is 421 g/mol. The average Bonchev–Trinajstić information content (AvgIpc) is 3.19. The van der Waals surface area contributed by atoms with Crippen molar-refractivity contribution in [1.29, 1.82) is 0 Å². The van der Waals surface area contributed by atoms with Gasteiger partial charge in [-0.1, -0.05) is 12.1 Å². The third-order valence-electron chi connectivity index (χ3n) is 6.51. The summed E-state index contributed by atoms with van der Waals surface area (Å²) in [5.41, 5.74) is 5.01. The van der Waals surface area contributed by atoms with Crippen LogP contribution in [0.15, 0.2) is 9.42 Å². The molecule has 1 atom stereocenters. The van der Waals surface area contributed by atoms with Crippen LogP contribution in [0.4, 0.5) is 0 Å². The van der Waals surface area contributed by atoms with Crippen molar-refractivity contribution < 1.29 is 12.9 Å². The molecule has 1 aromatic heterocycles. The standard InChI is InChI=1S/C21H32N4O3S/c1-8-19-22-21(28-23-19)18(7)24-9-11-25(12-10-24)29(26,27)20-16(5)14(3)13(2)15(4)17(20)6/h18H,8-12H2,1-7H3. The Morgan fingerprint density at radius 1 is 0.931 bits per heavy atom. The normalized spacial score (nSPS) is 17.6. The predicted molar refractivity (Wildman–Crippen MR) is 113 cm³/mol. The lowest BCUT2D eigenvalue weighted by Gasteiger charge is -2.36. The molecule has 0 bridgehead atoms. The van der Waals surface area contributed by atoms with Crippen molar-refractivity contribution >= 4 is 10.0 Å². The highest BCUT2D eigenvalue weighted by Gasteiger charge is 2.34. The third kappa shape index (κ3) is 3.85. The lowest BCUT2D eigenvalue weighted by atomic mass is 9.95. The number of hydrogen-bond acceptors (Lipinski definition) is 6. The largest absolute Gasteiger partial charge is 0.338 e. The van der Waals surface area contributed by atoms with Crippen LogP contribution in [-0.2, 0) is 16.4 Å². The highest BCUT2D eigenvalue weighted by atomic mass is 32.2. The SMILES string of the molecule is CCc1noc(C(C)N2CCN(S(=O)(=O)c3c(C)c(C)c(C)c(C)c3C)CC2)n1. The molecule has 1 saturated heterocycles. The van der Waals surface area contributed by atoms with Crippen LogP contribution in [0.3, 0.4) is 0 Å². The van der Waals surface area contributed by atoms with E-state index in [2.05, 4.69) is 22.0 Å². The number of nitrogens with zero attached hydrogens (tertiary/aromatic N) is 4. The van der Waals surface area contributed by atoms with E-state index >= 15 is 0 Å². The minimum absolute atomic E-state index is 0.0278. The Kier molecular flexibility index (Phi) is 6.17. The molecule has 1 aliphatic rings. The van der Waals surface area contributed by atoms with Crippen molar-refractivity contribution in [2.24, 2.45) is 0 Å². The molecular formula is C21H32N4O3S. The number of aromatic nitrogens is 2. The Bertz CT molecular complexity index is 976. The smallest absolute Gasteiger partial charge is 0.243 e. The minimum atomic E-state index is -3.54. The van der Waals surface area contributed by atoms with Crippen molar-refractivity contribution in [2.45, 2.75) is 65.8 Å². The summed E-state index contributed by atoms with van der Waals surface area (Å²) in [5.74, 6) is 1.29. The van der Waals surface area contributed by atoms with E-state index in [0.717, 1.165) is 28.7 Å². The molecule has 1 fully saturated rings. The van der Waals surface area contributed by atoms with Gasteiger partial charge in [-0.3, -0.25) is 4.90 Å². The molecule has 1 unspecified atom stereocenters. The van der Waals surface area contributed by atoms with Crippen LogP contribution in [0.25, 0.3) is 0 Å². The van der Waals surface area contributed by atoms with Gasteiger partial charge in [0.05, 0.1) is 10.9 Å². The van der Waals surface area contributed by atoms with Crippen LogP contribution < -0.4 is 0 Å². The lowest BCUT2D eigenvalue weighted by molar-refractivity contribution is 0.124. The molecule has 2 aromatic rings. The van der Waals surface area contributed by atoms with Gasteiger partial charge in [-0.15, -0.1) is 0 Å². The molecule has 3 rings (SSSR count). The minimum Gasteiger partial charge on any atom is -0.338 e. The van der Waals surface area contributed by atoms with Crippen molar-refractivity contribution in [1.82, 2.24) is 19.3 Å². The van der Waals surface area contributed by atoms with Gasteiger partial charge in [0.2, 0.25) is 15.9 Å². The fourth-order valence-corrected chi connectivity index (χ4v) is 6.03. The number of rotatable bonds is 5. The molecule has 29 heavy (non-hydrogen) atoms. The van der Waals surface area contributed by atoms with Crippen LogP contribution in [0.1, 0.15) is 59.4 Å². The van der Waals surface area contributed by atoms with E-state index in [1.807, 2.05) is 41.5 Å². The maximum Gasteiger partial charge on any atom is 0.243 e. The summed E-state index contributed by atoms with van der Waals surface area (Å²) >= 11 is 0. The van der Waals surface area contributed by atoms with Crippen LogP contribution >= 0.6 is 0 Å². The highest BCUT2D eigenvalue weighted by Crippen LogP contribution is 2.32. The molecule has 2 heterocycles. The van der Waals surface area contributed by atoms with Gasteiger partial charge in [0.1, 0.15) is 0 Å². The molecule has 0 spiro atoms. The monoisotopic (exact) mass is 420 g/mol. The van der Waals surface area contributed by atoms with Crippen molar-refractivity contribution in [3.05, 3.63) is 39.5 Å². The van der Waals surface area contributed by atoms with Gasteiger partial charge < -0.3 is 4.52 Å². The number of hydrogen-bond donors (Lipinski definition) is 0. The molecule has 0 amide bonds. The molecular weight excluding hydrogens is 388 g/mol. The number of aryl methyl sites for hydroxylation is 1. The van der Waals surface area contributed by atoms with Gasteiger partial charge in [-0.25, -0.2) is 8.42 Å². The Morgan fingerprint density at radius 2 is 1.45 bits per heavy atom. The molecule has 160 valence electrons. The zero-order valence-corrected chi connectivity index (χ0v) is 19.4. The molecule has 8 heteroatoms. The van der Waals surface area contributed by atoms with Gasteiger partial charge >= 0.3 is 0 Å². The van der Waals surface area contributed by atoms with E-state index in [1.165, 1.54) is 5.56 Å². The first-order valence-electron chi connectivity index (χ1n) is 10.2. The van der Waals surface area contributed by atoms with E-state index in [-0.39, 0.29) is 6.04 Å². The fraction of sp³-hybridized carbons (Fsp3) is 0.619. The van der Waals surface area contributed by atoms with Crippen LogP contribution in [0.5, 0.6) is 0 Å². The highest BCUT2D eigenvalue weighted by molar-refractivity contribution is 7.89. The van der Waals surface area contributed by atoms with Gasteiger partial charge in [-0.2, -0.15) is 9.29 Å². The van der Waals surface area contributed by atoms with Crippen LogP contribution in [-0.4, -0.2) is 53.9 Å². The quantitative estimate of drug-likeness (QED) is 0.739. The first-order chi connectivity index (χ1) is 13.6. The lowest BCUT2D eigenvalue weighted by Crippen LogP contribution is -2.49. The predicted octanol–water partition coefficient (Wildman–Crippen LogP) is 3.24. The Morgan fingerprint density at radius 3 is 1.93 bits per heavy atom. The topological polar surface area (TPSA) is 79.5 Å². The van der Waals surface area contributed by atoms with Crippen molar-refractivity contribution in [2.75, 3.05) is 26.2 Å². The zero-order chi connectivity index (χ0) is 21.5. The molecule has 0 N–H and O–H groups in total. The van der Waals surface area contributed by atoms with E-state index < -0.39 is 10.0 Å². The van der Waals surface area contributed by atoms with Gasteiger partial charge in [0.25, 0.3) is 0 Å². The van der Waals surface area contributed by atoms with Gasteiger partial charge in [0.15, 0.2) is 5.82 Å². The van der Waals surface area contributed by atoms with Crippen LogP contribution in [0, 0.1) is 34.6 Å². The molecule has 7 nitrogen and oxygen atoms in total. The second kappa shape index (κ2) is 8.16. The summed E-state index contributed by atoms with van der Waals surface area (Å²) in [4.78, 5) is 7.09. The van der Waals surface area contributed by atoms with Crippen molar-refractivity contribution in [3.8, 4) is 0 Å². The summed E-state index contributed by atoms with van der Waals surface area (Å²) < 4.78 is 34.0. The first kappa shape index (κ1) is 21.9.